The Morgan fingerprint density at radius 2 is 2.28 bits per heavy atom. The predicted octanol–water partition coefficient (Wildman–Crippen LogP) is 2.68. The molecule has 0 spiro atoms. The Hall–Kier alpha value is -1.88. The number of hydrogen-bond donors (Lipinski definition) is 1. The normalized spacial score (nSPS) is 10.4. The van der Waals surface area contributed by atoms with Crippen molar-refractivity contribution in [1.82, 2.24) is 9.78 Å². The molecule has 1 amide bonds. The van der Waals surface area contributed by atoms with Gasteiger partial charge in [-0.1, -0.05) is 23.7 Å². The molecule has 0 saturated heterocycles. The minimum absolute atomic E-state index is 0.0849. The van der Waals surface area contributed by atoms with Gasteiger partial charge in [-0.15, -0.1) is 0 Å². The van der Waals surface area contributed by atoms with Crippen LogP contribution in [0.3, 0.4) is 0 Å². The maximum atomic E-state index is 13.7. The molecule has 0 aliphatic carbocycles. The number of amides is 1. The van der Waals surface area contributed by atoms with Gasteiger partial charge in [0, 0.05) is 24.8 Å². The Labute approximate surface area is 108 Å². The van der Waals surface area contributed by atoms with Gasteiger partial charge in [-0.2, -0.15) is 5.10 Å². The van der Waals surface area contributed by atoms with Gasteiger partial charge in [0.05, 0.1) is 11.6 Å². The van der Waals surface area contributed by atoms with E-state index in [4.69, 9.17) is 11.6 Å². The Kier molecular flexibility index (Phi) is 3.62. The van der Waals surface area contributed by atoms with Crippen molar-refractivity contribution in [2.24, 2.45) is 0 Å². The third-order valence-electron chi connectivity index (χ3n) is 2.31. The third-order valence-corrected chi connectivity index (χ3v) is 2.60. The Balaban J connectivity index is 2.16. The van der Waals surface area contributed by atoms with Gasteiger partial charge in [0.25, 0.3) is 0 Å². The van der Waals surface area contributed by atoms with Crippen molar-refractivity contribution in [2.45, 2.75) is 13.5 Å². The maximum absolute atomic E-state index is 13.7. The van der Waals surface area contributed by atoms with Crippen molar-refractivity contribution in [3.05, 3.63) is 46.9 Å². The van der Waals surface area contributed by atoms with E-state index in [1.54, 1.807) is 24.4 Å². The number of hydrogen-bond acceptors (Lipinski definition) is 2. The molecular formula is C12H11ClFN3O. The number of carbonyl (C=O) groups excluding carboxylic acids is 1. The van der Waals surface area contributed by atoms with E-state index in [-0.39, 0.29) is 17.5 Å². The van der Waals surface area contributed by atoms with Gasteiger partial charge in [-0.25, -0.2) is 4.39 Å². The SMILES string of the molecule is CC(=O)Nc1ccn(Cc2cccc(Cl)c2F)n1. The molecule has 1 N–H and O–H groups in total. The largest absolute Gasteiger partial charge is 0.309 e. The molecule has 94 valence electrons. The first kappa shape index (κ1) is 12.6. The number of nitrogens with one attached hydrogen (secondary N) is 1. The van der Waals surface area contributed by atoms with Crippen LogP contribution in [0.1, 0.15) is 12.5 Å². The average Bonchev–Trinajstić information content (AvgIpc) is 2.71. The van der Waals surface area contributed by atoms with Crippen LogP contribution in [0.5, 0.6) is 0 Å². The van der Waals surface area contributed by atoms with Gasteiger partial charge in [-0.3, -0.25) is 9.48 Å². The van der Waals surface area contributed by atoms with Crippen molar-refractivity contribution in [1.29, 1.82) is 0 Å². The molecule has 1 aromatic heterocycles. The zero-order valence-electron chi connectivity index (χ0n) is 9.65. The molecule has 6 heteroatoms. The van der Waals surface area contributed by atoms with Gasteiger partial charge < -0.3 is 5.32 Å². The van der Waals surface area contributed by atoms with E-state index in [0.29, 0.717) is 11.4 Å². The second-order valence-corrected chi connectivity index (χ2v) is 4.20. The highest BCUT2D eigenvalue weighted by molar-refractivity contribution is 6.30. The van der Waals surface area contributed by atoms with Crippen LogP contribution in [0.25, 0.3) is 0 Å². The molecule has 1 aromatic carbocycles. The smallest absolute Gasteiger partial charge is 0.222 e. The zero-order chi connectivity index (χ0) is 13.1. The lowest BCUT2D eigenvalue weighted by atomic mass is 10.2. The molecule has 18 heavy (non-hydrogen) atoms. The second kappa shape index (κ2) is 5.18. The van der Waals surface area contributed by atoms with Crippen LogP contribution < -0.4 is 5.32 Å². The lowest BCUT2D eigenvalue weighted by Gasteiger charge is -2.04. The van der Waals surface area contributed by atoms with Gasteiger partial charge in [0.2, 0.25) is 5.91 Å². The summed E-state index contributed by atoms with van der Waals surface area (Å²) in [7, 11) is 0. The molecule has 0 radical (unpaired) electrons. The molecule has 0 fully saturated rings. The van der Waals surface area contributed by atoms with Gasteiger partial charge in [0.15, 0.2) is 5.82 Å². The van der Waals surface area contributed by atoms with Crippen molar-refractivity contribution >= 4 is 23.3 Å². The number of rotatable bonds is 3. The fraction of sp³-hybridized carbons (Fsp3) is 0.167. The summed E-state index contributed by atoms with van der Waals surface area (Å²) in [6.45, 7) is 1.65. The molecule has 0 atom stereocenters. The Bertz CT molecular complexity index is 582. The fourth-order valence-electron chi connectivity index (χ4n) is 1.54. The first-order valence-corrected chi connectivity index (χ1v) is 5.68. The third kappa shape index (κ3) is 2.87. The van der Waals surface area contributed by atoms with E-state index in [9.17, 15) is 9.18 Å². The monoisotopic (exact) mass is 267 g/mol. The summed E-state index contributed by atoms with van der Waals surface area (Å²) in [5, 5.41) is 6.72. The van der Waals surface area contributed by atoms with Crippen LogP contribution in [0.15, 0.2) is 30.5 Å². The second-order valence-electron chi connectivity index (χ2n) is 3.79. The van der Waals surface area contributed by atoms with E-state index in [2.05, 4.69) is 10.4 Å². The van der Waals surface area contributed by atoms with Crippen LogP contribution in [-0.4, -0.2) is 15.7 Å². The molecule has 0 bridgehead atoms. The summed E-state index contributed by atoms with van der Waals surface area (Å²) in [6, 6.07) is 6.45. The number of benzene rings is 1. The Morgan fingerprint density at radius 1 is 1.50 bits per heavy atom. The maximum Gasteiger partial charge on any atom is 0.222 e. The predicted molar refractivity (Wildman–Crippen MR) is 67.0 cm³/mol. The number of halogens is 2. The molecule has 2 rings (SSSR count). The quantitative estimate of drug-likeness (QED) is 0.929. The molecule has 0 aliphatic rings. The van der Waals surface area contributed by atoms with E-state index < -0.39 is 5.82 Å². The molecule has 0 saturated carbocycles. The summed E-state index contributed by atoms with van der Waals surface area (Å²) in [5.74, 6) is -0.213. The lowest BCUT2D eigenvalue weighted by Crippen LogP contribution is -2.08. The Morgan fingerprint density at radius 3 is 3.00 bits per heavy atom. The highest BCUT2D eigenvalue weighted by Gasteiger charge is 2.08. The zero-order valence-corrected chi connectivity index (χ0v) is 10.4. The van der Waals surface area contributed by atoms with Gasteiger partial charge >= 0.3 is 0 Å². The van der Waals surface area contributed by atoms with E-state index in [1.807, 2.05) is 0 Å². The van der Waals surface area contributed by atoms with Crippen molar-refractivity contribution in [3.63, 3.8) is 0 Å². The van der Waals surface area contributed by atoms with Gasteiger partial charge in [-0.05, 0) is 6.07 Å². The highest BCUT2D eigenvalue weighted by atomic mass is 35.5. The van der Waals surface area contributed by atoms with E-state index >= 15 is 0 Å². The molecule has 2 aromatic rings. The number of aromatic nitrogens is 2. The first-order valence-electron chi connectivity index (χ1n) is 5.30. The highest BCUT2D eigenvalue weighted by Crippen LogP contribution is 2.18. The van der Waals surface area contributed by atoms with Crippen molar-refractivity contribution in [2.75, 3.05) is 5.32 Å². The van der Waals surface area contributed by atoms with Crippen molar-refractivity contribution in [3.8, 4) is 0 Å². The first-order chi connectivity index (χ1) is 8.56. The molecule has 4 nitrogen and oxygen atoms in total. The van der Waals surface area contributed by atoms with E-state index in [0.717, 1.165) is 0 Å². The van der Waals surface area contributed by atoms with Crippen LogP contribution in [-0.2, 0) is 11.3 Å². The summed E-state index contributed by atoms with van der Waals surface area (Å²) in [4.78, 5) is 10.8. The summed E-state index contributed by atoms with van der Waals surface area (Å²) < 4.78 is 15.2. The standard InChI is InChI=1S/C12H11ClFN3O/c1-8(18)15-11-5-6-17(16-11)7-9-3-2-4-10(13)12(9)14/h2-6H,7H2,1H3,(H,15,16,18). The summed E-state index contributed by atoms with van der Waals surface area (Å²) in [6.07, 6.45) is 1.66. The summed E-state index contributed by atoms with van der Waals surface area (Å²) >= 11 is 5.69. The molecule has 0 unspecified atom stereocenters. The topological polar surface area (TPSA) is 46.9 Å². The minimum Gasteiger partial charge on any atom is -0.309 e. The van der Waals surface area contributed by atoms with Crippen LogP contribution in [0.2, 0.25) is 5.02 Å². The molecular weight excluding hydrogens is 257 g/mol. The van der Waals surface area contributed by atoms with Gasteiger partial charge in [0.1, 0.15) is 5.82 Å². The molecule has 0 aliphatic heterocycles. The average molecular weight is 268 g/mol. The lowest BCUT2D eigenvalue weighted by molar-refractivity contribution is -0.114. The number of nitrogens with zero attached hydrogens (tertiary/aromatic N) is 2. The van der Waals surface area contributed by atoms with Crippen LogP contribution in [0.4, 0.5) is 10.2 Å². The molecule has 1 heterocycles. The van der Waals surface area contributed by atoms with E-state index in [1.165, 1.54) is 17.7 Å². The van der Waals surface area contributed by atoms with Crippen molar-refractivity contribution < 1.29 is 9.18 Å². The number of carbonyl (C=O) groups is 1. The fourth-order valence-corrected chi connectivity index (χ4v) is 1.74. The van der Waals surface area contributed by atoms with Crippen LogP contribution >= 0.6 is 11.6 Å². The minimum atomic E-state index is -0.448. The summed E-state index contributed by atoms with van der Waals surface area (Å²) in [5.41, 5.74) is 0.444. The van der Waals surface area contributed by atoms with Crippen LogP contribution in [0, 0.1) is 5.82 Å². The number of anilines is 1.